The van der Waals surface area contributed by atoms with Crippen molar-refractivity contribution >= 4 is 23.2 Å². The second-order valence-corrected chi connectivity index (χ2v) is 5.45. The van der Waals surface area contributed by atoms with E-state index in [2.05, 4.69) is 10.5 Å². The van der Waals surface area contributed by atoms with Crippen molar-refractivity contribution in [1.29, 1.82) is 0 Å². The maximum absolute atomic E-state index is 12.4. The van der Waals surface area contributed by atoms with Gasteiger partial charge < -0.3 is 14.9 Å². The number of rotatable bonds is 7. The highest BCUT2D eigenvalue weighted by atomic mass is 35.5. The molecular formula is C18H19ClN2O3. The van der Waals surface area contributed by atoms with Crippen LogP contribution in [0, 0.1) is 0 Å². The van der Waals surface area contributed by atoms with Crippen LogP contribution in [0.1, 0.15) is 18.5 Å². The number of nitrogens with zero attached hydrogens (tertiary/aromatic N) is 1. The third kappa shape index (κ3) is 4.99. The summed E-state index contributed by atoms with van der Waals surface area (Å²) in [5.74, 6) is 0.118. The van der Waals surface area contributed by atoms with Crippen LogP contribution in [0.5, 0.6) is 5.75 Å². The second kappa shape index (κ2) is 8.93. The highest BCUT2D eigenvalue weighted by Gasteiger charge is 2.17. The van der Waals surface area contributed by atoms with Gasteiger partial charge in [-0.05, 0) is 24.6 Å². The molecule has 0 saturated heterocycles. The fourth-order valence-corrected chi connectivity index (χ4v) is 2.25. The van der Waals surface area contributed by atoms with Crippen LogP contribution >= 0.6 is 11.6 Å². The Morgan fingerprint density at radius 1 is 1.17 bits per heavy atom. The van der Waals surface area contributed by atoms with Crippen molar-refractivity contribution in [2.75, 3.05) is 13.7 Å². The van der Waals surface area contributed by atoms with Crippen molar-refractivity contribution in [3.05, 3.63) is 65.2 Å². The summed E-state index contributed by atoms with van der Waals surface area (Å²) >= 11 is 6.03. The molecule has 0 spiro atoms. The molecule has 1 atom stereocenters. The molecule has 2 rings (SSSR count). The van der Waals surface area contributed by atoms with E-state index < -0.39 is 0 Å². The van der Waals surface area contributed by atoms with Gasteiger partial charge >= 0.3 is 0 Å². The number of hydrogen-bond donors (Lipinski definition) is 1. The first-order valence-electron chi connectivity index (χ1n) is 7.45. The van der Waals surface area contributed by atoms with Crippen LogP contribution in [0.4, 0.5) is 0 Å². The lowest BCUT2D eigenvalue weighted by Gasteiger charge is -2.15. The number of carbonyl (C=O) groups is 1. The lowest BCUT2D eigenvalue weighted by molar-refractivity contribution is -0.115. The standard InChI is InChI=1S/C18H19ClN2O3/c1-13(14-8-4-3-5-9-14)20-18(22)16(21-23-2)12-24-17-11-7-6-10-15(17)19/h3-11,13H,12H2,1-2H3,(H,20,22). The predicted octanol–water partition coefficient (Wildman–Crippen LogP) is 3.60. The van der Waals surface area contributed by atoms with Crippen LogP contribution in [0.2, 0.25) is 5.02 Å². The number of para-hydroxylation sites is 1. The van der Waals surface area contributed by atoms with Gasteiger partial charge in [-0.3, -0.25) is 4.79 Å². The molecule has 0 aliphatic heterocycles. The molecule has 1 unspecified atom stereocenters. The Morgan fingerprint density at radius 2 is 1.83 bits per heavy atom. The third-order valence-electron chi connectivity index (χ3n) is 3.31. The van der Waals surface area contributed by atoms with E-state index in [0.717, 1.165) is 5.56 Å². The van der Waals surface area contributed by atoms with Gasteiger partial charge in [0.25, 0.3) is 5.91 Å². The number of amides is 1. The van der Waals surface area contributed by atoms with Crippen molar-refractivity contribution in [1.82, 2.24) is 5.32 Å². The highest BCUT2D eigenvalue weighted by molar-refractivity contribution is 6.39. The first-order valence-corrected chi connectivity index (χ1v) is 7.82. The molecule has 0 heterocycles. The number of nitrogens with one attached hydrogen (secondary N) is 1. The fraction of sp³-hybridized carbons (Fsp3) is 0.222. The minimum absolute atomic E-state index is 0.0507. The molecule has 0 aliphatic carbocycles. The van der Waals surface area contributed by atoms with E-state index in [1.54, 1.807) is 24.3 Å². The quantitative estimate of drug-likeness (QED) is 0.615. The average Bonchev–Trinajstić information content (AvgIpc) is 2.60. The molecule has 0 fully saturated rings. The molecular weight excluding hydrogens is 328 g/mol. The number of benzene rings is 2. The van der Waals surface area contributed by atoms with Gasteiger partial charge in [0.15, 0.2) is 5.71 Å². The summed E-state index contributed by atoms with van der Waals surface area (Å²) in [7, 11) is 1.38. The van der Waals surface area contributed by atoms with E-state index in [1.807, 2.05) is 37.3 Å². The summed E-state index contributed by atoms with van der Waals surface area (Å²) in [6.45, 7) is 1.84. The summed E-state index contributed by atoms with van der Waals surface area (Å²) in [5.41, 5.74) is 1.12. The summed E-state index contributed by atoms with van der Waals surface area (Å²) < 4.78 is 5.56. The zero-order valence-corrected chi connectivity index (χ0v) is 14.3. The fourth-order valence-electron chi connectivity index (χ4n) is 2.06. The number of ether oxygens (including phenoxy) is 1. The topological polar surface area (TPSA) is 59.9 Å². The molecule has 0 radical (unpaired) electrons. The molecule has 6 heteroatoms. The zero-order valence-electron chi connectivity index (χ0n) is 13.5. The summed E-state index contributed by atoms with van der Waals surface area (Å²) in [6.07, 6.45) is 0. The summed E-state index contributed by atoms with van der Waals surface area (Å²) in [5, 5.41) is 7.09. The monoisotopic (exact) mass is 346 g/mol. The maximum atomic E-state index is 12.4. The summed E-state index contributed by atoms with van der Waals surface area (Å²) in [6, 6.07) is 16.5. The van der Waals surface area contributed by atoms with E-state index in [4.69, 9.17) is 21.2 Å². The number of halogens is 1. The smallest absolute Gasteiger partial charge is 0.273 e. The van der Waals surface area contributed by atoms with Crippen molar-refractivity contribution in [3.8, 4) is 5.75 Å². The van der Waals surface area contributed by atoms with Crippen LogP contribution in [0.15, 0.2) is 59.8 Å². The molecule has 24 heavy (non-hydrogen) atoms. The minimum atomic E-state index is -0.361. The molecule has 5 nitrogen and oxygen atoms in total. The highest BCUT2D eigenvalue weighted by Crippen LogP contribution is 2.23. The van der Waals surface area contributed by atoms with Crippen LogP contribution < -0.4 is 10.1 Å². The number of hydrogen-bond acceptors (Lipinski definition) is 4. The van der Waals surface area contributed by atoms with Gasteiger partial charge in [0.2, 0.25) is 0 Å². The Morgan fingerprint density at radius 3 is 2.50 bits per heavy atom. The van der Waals surface area contributed by atoms with Crippen molar-refractivity contribution in [2.45, 2.75) is 13.0 Å². The SMILES string of the molecule is CON=C(COc1ccccc1Cl)C(=O)NC(C)c1ccccc1. The van der Waals surface area contributed by atoms with E-state index in [0.29, 0.717) is 10.8 Å². The molecule has 1 N–H and O–H groups in total. The van der Waals surface area contributed by atoms with E-state index in [-0.39, 0.29) is 24.3 Å². The Kier molecular flexibility index (Phi) is 6.63. The lowest BCUT2D eigenvalue weighted by atomic mass is 10.1. The minimum Gasteiger partial charge on any atom is -0.485 e. The van der Waals surface area contributed by atoms with E-state index >= 15 is 0 Å². The molecule has 2 aromatic carbocycles. The number of oxime groups is 1. The molecule has 0 aliphatic rings. The largest absolute Gasteiger partial charge is 0.485 e. The summed E-state index contributed by atoms with van der Waals surface area (Å²) in [4.78, 5) is 17.1. The molecule has 2 aromatic rings. The van der Waals surface area contributed by atoms with Crippen molar-refractivity contribution in [3.63, 3.8) is 0 Å². The van der Waals surface area contributed by atoms with E-state index in [1.165, 1.54) is 7.11 Å². The Labute approximate surface area is 146 Å². The zero-order chi connectivity index (χ0) is 17.4. The first-order chi connectivity index (χ1) is 11.6. The van der Waals surface area contributed by atoms with Gasteiger partial charge in [-0.1, -0.05) is 59.2 Å². The Bertz CT molecular complexity index is 704. The van der Waals surface area contributed by atoms with E-state index in [9.17, 15) is 4.79 Å². The van der Waals surface area contributed by atoms with Crippen LogP contribution in [0.3, 0.4) is 0 Å². The first kappa shape index (κ1) is 17.8. The maximum Gasteiger partial charge on any atom is 0.273 e. The molecule has 0 bridgehead atoms. The number of carbonyl (C=O) groups excluding carboxylic acids is 1. The lowest BCUT2D eigenvalue weighted by Crippen LogP contribution is -2.36. The Balaban J connectivity index is 2.00. The van der Waals surface area contributed by atoms with Gasteiger partial charge in [0.1, 0.15) is 19.5 Å². The second-order valence-electron chi connectivity index (χ2n) is 5.05. The molecule has 0 aromatic heterocycles. The molecule has 0 saturated carbocycles. The average molecular weight is 347 g/mol. The molecule has 1 amide bonds. The van der Waals surface area contributed by atoms with Gasteiger partial charge in [-0.25, -0.2) is 0 Å². The van der Waals surface area contributed by atoms with Gasteiger partial charge in [0, 0.05) is 0 Å². The third-order valence-corrected chi connectivity index (χ3v) is 3.62. The van der Waals surface area contributed by atoms with Crippen LogP contribution in [0.25, 0.3) is 0 Å². The normalized spacial score (nSPS) is 12.4. The van der Waals surface area contributed by atoms with Gasteiger partial charge in [0.05, 0.1) is 11.1 Å². The van der Waals surface area contributed by atoms with Crippen molar-refractivity contribution in [2.24, 2.45) is 5.16 Å². The van der Waals surface area contributed by atoms with Gasteiger partial charge in [-0.2, -0.15) is 0 Å². The predicted molar refractivity (Wildman–Crippen MR) is 94.4 cm³/mol. The van der Waals surface area contributed by atoms with Crippen LogP contribution in [-0.4, -0.2) is 25.3 Å². The van der Waals surface area contributed by atoms with Crippen LogP contribution in [-0.2, 0) is 9.63 Å². The molecule has 126 valence electrons. The van der Waals surface area contributed by atoms with Crippen molar-refractivity contribution < 1.29 is 14.4 Å². The Hall–Kier alpha value is -2.53. The van der Waals surface area contributed by atoms with Gasteiger partial charge in [-0.15, -0.1) is 0 Å².